The Balaban J connectivity index is 2.52. The fourth-order valence-electron chi connectivity index (χ4n) is 1.35. The topological polar surface area (TPSA) is 26.3 Å². The van der Waals surface area contributed by atoms with E-state index in [1.807, 2.05) is 0 Å². The highest BCUT2D eigenvalue weighted by Crippen LogP contribution is 2.31. The molecule has 0 aliphatic carbocycles. The van der Waals surface area contributed by atoms with E-state index in [4.69, 9.17) is 4.74 Å². The van der Waals surface area contributed by atoms with Crippen LogP contribution in [0.5, 0.6) is 0 Å². The third-order valence-corrected chi connectivity index (χ3v) is 3.76. The number of hydrogen-bond donors (Lipinski definition) is 0. The van der Waals surface area contributed by atoms with Gasteiger partial charge < -0.3 is 4.74 Å². The lowest BCUT2D eigenvalue weighted by molar-refractivity contribution is 0.0532. The summed E-state index contributed by atoms with van der Waals surface area (Å²) in [7, 11) is 0. The first kappa shape index (κ1) is 11.5. The molecule has 0 radical (unpaired) electrons. The molecule has 0 saturated heterocycles. The predicted octanol–water partition coefficient (Wildman–Crippen LogP) is 3.98. The van der Waals surface area contributed by atoms with Crippen molar-refractivity contribution in [3.63, 3.8) is 0 Å². The van der Waals surface area contributed by atoms with Crippen molar-refractivity contribution in [2.75, 3.05) is 6.61 Å². The quantitative estimate of drug-likeness (QED) is 0.784. The number of ether oxygens (including phenoxy) is 1. The third kappa shape index (κ3) is 1.97. The van der Waals surface area contributed by atoms with E-state index in [1.54, 1.807) is 19.1 Å². The van der Waals surface area contributed by atoms with Crippen molar-refractivity contribution in [3.05, 3.63) is 33.4 Å². The molecule has 2 aromatic rings. The maximum Gasteiger partial charge on any atom is 0.348 e. The number of hydrogen-bond acceptors (Lipinski definition) is 3. The Morgan fingerprint density at radius 2 is 2.31 bits per heavy atom. The first-order chi connectivity index (χ1) is 7.63. The molecule has 1 aromatic heterocycles. The number of fused-ring (bicyclic) bond motifs is 1. The summed E-state index contributed by atoms with van der Waals surface area (Å²) in [6.45, 7) is 2.06. The number of benzene rings is 1. The van der Waals surface area contributed by atoms with Gasteiger partial charge in [0.25, 0.3) is 0 Å². The van der Waals surface area contributed by atoms with Gasteiger partial charge in [-0.15, -0.1) is 11.3 Å². The minimum atomic E-state index is -0.403. The van der Waals surface area contributed by atoms with Gasteiger partial charge >= 0.3 is 5.97 Å². The van der Waals surface area contributed by atoms with Crippen LogP contribution in [-0.4, -0.2) is 12.6 Å². The Morgan fingerprint density at radius 3 is 3.00 bits per heavy atom. The van der Waals surface area contributed by atoms with Gasteiger partial charge in [-0.3, -0.25) is 0 Å². The van der Waals surface area contributed by atoms with Crippen LogP contribution in [0, 0.1) is 5.82 Å². The van der Waals surface area contributed by atoms with Crippen LogP contribution in [0.2, 0.25) is 0 Å². The van der Waals surface area contributed by atoms with Crippen LogP contribution >= 0.6 is 27.3 Å². The zero-order valence-electron chi connectivity index (χ0n) is 8.42. The minimum absolute atomic E-state index is 0.319. The molecule has 0 bridgehead atoms. The summed E-state index contributed by atoms with van der Waals surface area (Å²) in [5, 5.41) is 0.447. The molecule has 0 atom stereocenters. The second kappa shape index (κ2) is 4.51. The first-order valence-electron chi connectivity index (χ1n) is 4.68. The van der Waals surface area contributed by atoms with E-state index < -0.39 is 5.97 Å². The number of carbonyl (C=O) groups is 1. The van der Waals surface area contributed by atoms with Crippen molar-refractivity contribution in [1.29, 1.82) is 0 Å². The van der Waals surface area contributed by atoms with Crippen LogP contribution in [0.1, 0.15) is 16.6 Å². The molecule has 1 heterocycles. The summed E-state index contributed by atoms with van der Waals surface area (Å²) in [5.41, 5.74) is 0. The molecule has 0 amide bonds. The highest BCUT2D eigenvalue weighted by Gasteiger charge is 2.14. The van der Waals surface area contributed by atoms with Gasteiger partial charge in [0, 0.05) is 10.1 Å². The molecule has 2 rings (SSSR count). The van der Waals surface area contributed by atoms with Crippen molar-refractivity contribution in [2.24, 2.45) is 0 Å². The van der Waals surface area contributed by atoms with Crippen molar-refractivity contribution in [3.8, 4) is 0 Å². The van der Waals surface area contributed by atoms with E-state index in [2.05, 4.69) is 15.9 Å². The second-order valence-corrected chi connectivity index (χ2v) is 5.04. The van der Waals surface area contributed by atoms with E-state index in [-0.39, 0.29) is 5.82 Å². The summed E-state index contributed by atoms with van der Waals surface area (Å²) in [6.07, 6.45) is 0. The van der Waals surface area contributed by atoms with Crippen LogP contribution in [-0.2, 0) is 4.74 Å². The molecule has 0 unspecified atom stereocenters. The molecular weight excluding hydrogens is 295 g/mol. The lowest BCUT2D eigenvalue weighted by Crippen LogP contribution is -2.01. The largest absolute Gasteiger partial charge is 0.462 e. The van der Waals surface area contributed by atoms with E-state index in [1.165, 1.54) is 17.4 Å². The molecule has 5 heteroatoms. The summed E-state index contributed by atoms with van der Waals surface area (Å²) in [4.78, 5) is 11.9. The molecule has 0 spiro atoms. The van der Waals surface area contributed by atoms with E-state index in [0.29, 0.717) is 21.3 Å². The lowest BCUT2D eigenvalue weighted by atomic mass is 10.2. The van der Waals surface area contributed by atoms with E-state index in [0.717, 1.165) is 4.70 Å². The monoisotopic (exact) mass is 302 g/mol. The summed E-state index contributed by atoms with van der Waals surface area (Å²) >= 11 is 4.34. The molecule has 0 aliphatic heterocycles. The Morgan fingerprint density at radius 1 is 1.56 bits per heavy atom. The standard InChI is InChI=1S/C11H8BrFO2S/c1-2-15-11(14)9-5-6-8(16-9)4-3-7(12)10(6)13/h3-5H,2H2,1H3. The SMILES string of the molecule is CCOC(=O)c1cc2c(F)c(Br)ccc2s1. The van der Waals surface area contributed by atoms with Gasteiger partial charge in [-0.05, 0) is 41.1 Å². The highest BCUT2D eigenvalue weighted by molar-refractivity contribution is 9.10. The van der Waals surface area contributed by atoms with E-state index >= 15 is 0 Å². The zero-order valence-corrected chi connectivity index (χ0v) is 10.8. The van der Waals surface area contributed by atoms with Crippen molar-refractivity contribution in [2.45, 2.75) is 6.92 Å². The van der Waals surface area contributed by atoms with E-state index in [9.17, 15) is 9.18 Å². The summed E-state index contributed by atoms with van der Waals surface area (Å²) in [5.74, 6) is -0.747. The van der Waals surface area contributed by atoms with Gasteiger partial charge in [0.1, 0.15) is 10.7 Å². The first-order valence-corrected chi connectivity index (χ1v) is 6.29. The molecule has 16 heavy (non-hydrogen) atoms. The van der Waals surface area contributed by atoms with Crippen LogP contribution < -0.4 is 0 Å². The number of halogens is 2. The predicted molar refractivity (Wildman–Crippen MR) is 65.4 cm³/mol. The van der Waals surface area contributed by atoms with Gasteiger partial charge in [0.2, 0.25) is 0 Å². The average molecular weight is 303 g/mol. The number of esters is 1. The smallest absolute Gasteiger partial charge is 0.348 e. The highest BCUT2D eigenvalue weighted by atomic mass is 79.9. The van der Waals surface area contributed by atoms with Gasteiger partial charge in [0.05, 0.1) is 11.1 Å². The van der Waals surface area contributed by atoms with Gasteiger partial charge in [0.15, 0.2) is 0 Å². The Labute approximate surface area is 104 Å². The van der Waals surface area contributed by atoms with Crippen LogP contribution in [0.25, 0.3) is 10.1 Å². The molecule has 0 saturated carbocycles. The fourth-order valence-corrected chi connectivity index (χ4v) is 2.65. The molecule has 2 nitrogen and oxygen atoms in total. The minimum Gasteiger partial charge on any atom is -0.462 e. The number of thiophene rings is 1. The molecule has 0 N–H and O–H groups in total. The lowest BCUT2D eigenvalue weighted by Gasteiger charge is -1.95. The molecule has 84 valence electrons. The zero-order chi connectivity index (χ0) is 11.7. The maximum absolute atomic E-state index is 13.7. The van der Waals surface area contributed by atoms with Crippen molar-refractivity contribution >= 4 is 43.3 Å². The van der Waals surface area contributed by atoms with Crippen LogP contribution in [0.15, 0.2) is 22.7 Å². The van der Waals surface area contributed by atoms with Crippen LogP contribution in [0.3, 0.4) is 0 Å². The van der Waals surface area contributed by atoms with Gasteiger partial charge in [-0.2, -0.15) is 0 Å². The normalized spacial score (nSPS) is 10.7. The third-order valence-electron chi connectivity index (χ3n) is 2.06. The van der Waals surface area contributed by atoms with Gasteiger partial charge in [-0.25, -0.2) is 9.18 Å². The molecular formula is C11H8BrFO2S. The second-order valence-electron chi connectivity index (χ2n) is 3.10. The average Bonchev–Trinajstić information content (AvgIpc) is 2.69. The number of carbonyl (C=O) groups excluding carboxylic acids is 1. The molecule has 1 aromatic carbocycles. The Hall–Kier alpha value is -0.940. The molecule has 0 aliphatic rings. The van der Waals surface area contributed by atoms with Crippen molar-refractivity contribution < 1.29 is 13.9 Å². The van der Waals surface area contributed by atoms with Crippen molar-refractivity contribution in [1.82, 2.24) is 0 Å². The maximum atomic E-state index is 13.7. The Kier molecular flexibility index (Phi) is 3.25. The number of rotatable bonds is 2. The summed E-state index contributed by atoms with van der Waals surface area (Å²) in [6, 6.07) is 4.93. The Bertz CT molecular complexity index is 550. The summed E-state index contributed by atoms with van der Waals surface area (Å²) < 4.78 is 19.7. The molecule has 0 fully saturated rings. The van der Waals surface area contributed by atoms with Crippen LogP contribution in [0.4, 0.5) is 4.39 Å². The van der Waals surface area contributed by atoms with Gasteiger partial charge in [-0.1, -0.05) is 0 Å². The fraction of sp³-hybridized carbons (Fsp3) is 0.182.